The largest absolute Gasteiger partial charge is 0.504 e. The molecule has 8 heterocycles. The number of hydrogen-bond donors (Lipinski definition) is 4. The smallest absolute Gasteiger partial charge is 0.333 e. The van der Waals surface area contributed by atoms with Crippen LogP contribution in [0.2, 0.25) is 0 Å². The lowest BCUT2D eigenvalue weighted by molar-refractivity contribution is -0.158. The highest BCUT2D eigenvalue weighted by Gasteiger charge is 2.62. The number of phenolic OH excluding ortho intramolecular Hbond substituents is 1. The highest BCUT2D eigenvalue weighted by molar-refractivity contribution is 7.99. The Kier molecular flexibility index (Phi) is 8.31. The number of carbonyl (C=O) groups is 2. The van der Waals surface area contributed by atoms with Crippen LogP contribution in [-0.2, 0) is 32.7 Å². The van der Waals surface area contributed by atoms with Gasteiger partial charge in [0.2, 0.25) is 6.79 Å². The third-order valence-corrected chi connectivity index (χ3v) is 14.6. The molecule has 296 valence electrons. The molecule has 3 aromatic carbocycles. The number of fused-ring (bicyclic) bond motifs is 11. The number of likely N-dealkylation sites (N-methyl/N-ethyl adjacent to an activating group) is 1. The van der Waals surface area contributed by atoms with Crippen molar-refractivity contribution < 1.29 is 43.5 Å². The highest BCUT2D eigenvalue weighted by atomic mass is 32.2. The van der Waals surface area contributed by atoms with Crippen LogP contribution < -0.4 is 24.3 Å². The number of aliphatic hydroxyl groups is 1. The van der Waals surface area contributed by atoms with Crippen LogP contribution in [0, 0.1) is 25.2 Å². The van der Waals surface area contributed by atoms with Crippen molar-refractivity contribution in [3.63, 3.8) is 0 Å². The number of ether oxygens (including phenoxy) is 5. The maximum atomic E-state index is 15.0. The summed E-state index contributed by atoms with van der Waals surface area (Å²) < 4.78 is 30.8. The molecule has 11 rings (SSSR count). The van der Waals surface area contributed by atoms with Gasteiger partial charge in [0.25, 0.3) is 0 Å². The molecule has 8 atom stereocenters. The Hall–Kier alpha value is -4.98. The van der Waals surface area contributed by atoms with E-state index in [9.17, 15) is 20.3 Å². The van der Waals surface area contributed by atoms with Crippen molar-refractivity contribution in [1.82, 2.24) is 20.1 Å². The van der Waals surface area contributed by atoms with E-state index in [4.69, 9.17) is 23.7 Å². The lowest BCUT2D eigenvalue weighted by Crippen LogP contribution is -2.69. The van der Waals surface area contributed by atoms with E-state index >= 15 is 4.79 Å². The lowest BCUT2D eigenvalue weighted by Gasteiger charge is -2.62. The maximum absolute atomic E-state index is 15.0. The van der Waals surface area contributed by atoms with Crippen LogP contribution in [0.5, 0.6) is 28.7 Å². The molecule has 1 unspecified atom stereocenters. The zero-order valence-electron chi connectivity index (χ0n) is 32.2. The number of nitrogens with zero attached hydrogens (tertiary/aromatic N) is 3. The van der Waals surface area contributed by atoms with E-state index in [1.807, 2.05) is 51.2 Å². The average molecular weight is 794 g/mol. The highest BCUT2D eigenvalue weighted by Crippen LogP contribution is 2.64. The number of aromatic amines is 1. The van der Waals surface area contributed by atoms with Gasteiger partial charge in [0.05, 0.1) is 42.8 Å². The van der Waals surface area contributed by atoms with E-state index in [2.05, 4.69) is 26.2 Å². The number of hydrogen-bond acceptors (Lipinski definition) is 14. The predicted molar refractivity (Wildman–Crippen MR) is 208 cm³/mol. The van der Waals surface area contributed by atoms with Crippen LogP contribution in [0.25, 0.3) is 10.9 Å². The summed E-state index contributed by atoms with van der Waals surface area (Å²) in [6, 6.07) is 9.36. The monoisotopic (exact) mass is 793 g/mol. The van der Waals surface area contributed by atoms with Gasteiger partial charge in [0.15, 0.2) is 28.5 Å². The van der Waals surface area contributed by atoms with Crippen LogP contribution in [0.4, 0.5) is 0 Å². The maximum Gasteiger partial charge on any atom is 0.333 e. The van der Waals surface area contributed by atoms with E-state index in [-0.39, 0.29) is 37.6 Å². The molecule has 4 aromatic rings. The van der Waals surface area contributed by atoms with Crippen molar-refractivity contribution in [2.75, 3.05) is 39.9 Å². The number of aryl methyl sites for hydroxylation is 1. The first-order valence-electron chi connectivity index (χ1n) is 19.2. The summed E-state index contributed by atoms with van der Waals surface area (Å²) in [5.74, 6) is 0.758. The van der Waals surface area contributed by atoms with Crippen molar-refractivity contribution in [3.05, 3.63) is 75.0 Å². The average Bonchev–Trinajstić information content (AvgIpc) is 3.84. The first-order chi connectivity index (χ1) is 27.5. The Morgan fingerprint density at radius 1 is 1.12 bits per heavy atom. The summed E-state index contributed by atoms with van der Waals surface area (Å²) in [5, 5.41) is 37.9. The number of para-hydroxylation sites is 1. The van der Waals surface area contributed by atoms with Gasteiger partial charge in [-0.15, -0.1) is 11.8 Å². The lowest BCUT2D eigenvalue weighted by atomic mass is 9.71. The van der Waals surface area contributed by atoms with Crippen LogP contribution in [0.3, 0.4) is 0 Å². The fourth-order valence-corrected chi connectivity index (χ4v) is 12.5. The second kappa shape index (κ2) is 13.0. The summed E-state index contributed by atoms with van der Waals surface area (Å²) in [6.07, 6.45) is 0.984. The zero-order valence-corrected chi connectivity index (χ0v) is 33.0. The number of aromatic hydroxyl groups is 1. The van der Waals surface area contributed by atoms with Gasteiger partial charge < -0.3 is 38.9 Å². The summed E-state index contributed by atoms with van der Waals surface area (Å²) in [6.45, 7) is 4.65. The number of aromatic nitrogens is 1. The fraction of sp³-hybridized carbons (Fsp3) is 0.452. The molecule has 4 bridgehead atoms. The molecule has 57 heavy (non-hydrogen) atoms. The van der Waals surface area contributed by atoms with Crippen LogP contribution >= 0.6 is 11.8 Å². The molecule has 4 N–H and O–H groups in total. The van der Waals surface area contributed by atoms with E-state index in [0.29, 0.717) is 63.8 Å². The van der Waals surface area contributed by atoms with Crippen LogP contribution in [-0.4, -0.2) is 101 Å². The number of benzene rings is 3. The Labute approximate surface area is 332 Å². The number of phenols is 1. The van der Waals surface area contributed by atoms with Gasteiger partial charge in [-0.05, 0) is 56.5 Å². The summed E-state index contributed by atoms with van der Waals surface area (Å²) in [7, 11) is 3.54. The van der Waals surface area contributed by atoms with Crippen molar-refractivity contribution in [3.8, 4) is 34.8 Å². The van der Waals surface area contributed by atoms with Gasteiger partial charge in [0, 0.05) is 64.0 Å². The van der Waals surface area contributed by atoms with E-state index in [1.165, 1.54) is 18.7 Å². The predicted octanol–water partition coefficient (Wildman–Crippen LogP) is 4.12. The first-order valence-corrected chi connectivity index (χ1v) is 20.3. The van der Waals surface area contributed by atoms with Crippen LogP contribution in [0.15, 0.2) is 30.3 Å². The molecule has 1 aromatic heterocycles. The summed E-state index contributed by atoms with van der Waals surface area (Å²) in [5.41, 5.74) is 5.42. The number of H-pyrrole nitrogens is 1. The minimum Gasteiger partial charge on any atom is -0.504 e. The Morgan fingerprint density at radius 2 is 1.91 bits per heavy atom. The SMILES string of the molecule is COc1c(C)cc2c(c1O)[C@@H]1[C@@H]3[C@@H]4SC[C@]5(N[C@@H](CO)Cc6c5[nH]c5ccccc65)C(=O)OC[C@@H](c5c6c(c(C)c(OC(C)=O)c54)OCO6)N3[C@@H](C#N)C(C2)N1C. The summed E-state index contributed by atoms with van der Waals surface area (Å²) in [4.78, 5) is 35.9. The number of thioether (sulfide) groups is 1. The number of rotatable bonds is 3. The van der Waals surface area contributed by atoms with Gasteiger partial charge in [-0.3, -0.25) is 19.9 Å². The Bertz CT molecular complexity index is 2450. The van der Waals surface area contributed by atoms with E-state index < -0.39 is 52.9 Å². The third-order valence-electron chi connectivity index (χ3n) is 13.1. The Morgan fingerprint density at radius 3 is 2.67 bits per heavy atom. The van der Waals surface area contributed by atoms with Gasteiger partial charge >= 0.3 is 11.9 Å². The quantitative estimate of drug-likeness (QED) is 0.172. The molecule has 1 spiro atoms. The van der Waals surface area contributed by atoms with E-state index in [0.717, 1.165) is 27.6 Å². The standard InChI is InChI=1S/C42H43N5O9S/c1-18-10-21-11-26-27(13-43)47-28-15-53-41(51)42(40-24(12-22(14-48)45-42)23-8-6-7-9-25(23)44-40)16-57-39(33(47)32(46(26)4)29(21)34(50)35(18)52-5)31-30(28)38-37(54-17-55-38)19(2)36(31)56-20(3)49/h6-10,22,26-28,32-33,39,44-45,48,50H,11-12,14-17H2,1-5H3/t22-,26?,27+,28+,32-,33-,39-,42-/m1/s1. The molecule has 14 nitrogen and oxygen atoms in total. The molecule has 0 aliphatic carbocycles. The number of nitriles is 1. The van der Waals surface area contributed by atoms with Gasteiger partial charge in [-0.2, -0.15) is 5.26 Å². The van der Waals surface area contributed by atoms with Gasteiger partial charge in [-0.1, -0.05) is 24.3 Å². The minimum absolute atomic E-state index is 0.0452. The molecule has 7 aliphatic rings. The molecule has 15 heteroatoms. The molecule has 2 fully saturated rings. The first kappa shape index (κ1) is 36.4. The molecule has 0 amide bonds. The molecule has 2 saturated heterocycles. The number of aliphatic hydroxyl groups excluding tert-OH is 1. The van der Waals surface area contributed by atoms with Crippen LogP contribution in [0.1, 0.15) is 68.9 Å². The van der Waals surface area contributed by atoms with Crippen molar-refractivity contribution in [2.45, 2.75) is 80.7 Å². The number of methoxy groups -OCH3 is 1. The third kappa shape index (κ3) is 4.91. The van der Waals surface area contributed by atoms with Crippen molar-refractivity contribution >= 4 is 34.6 Å². The van der Waals surface area contributed by atoms with Crippen molar-refractivity contribution in [1.29, 1.82) is 5.26 Å². The normalized spacial score (nSPS) is 29.8. The molecular weight excluding hydrogens is 751 g/mol. The van der Waals surface area contributed by atoms with Gasteiger partial charge in [-0.25, -0.2) is 4.79 Å². The number of nitrogens with one attached hydrogen (secondary N) is 2. The van der Waals surface area contributed by atoms with E-state index in [1.54, 1.807) is 7.11 Å². The van der Waals surface area contributed by atoms with Crippen molar-refractivity contribution in [2.24, 2.45) is 0 Å². The number of esters is 2. The fourth-order valence-electron chi connectivity index (χ4n) is 10.9. The number of piperazine rings is 1. The second-order valence-electron chi connectivity index (χ2n) is 16.0. The Balaban J connectivity index is 1.26. The molecular formula is C42H43N5O9S. The summed E-state index contributed by atoms with van der Waals surface area (Å²) >= 11 is 1.49. The van der Waals surface area contributed by atoms with Gasteiger partial charge in [0.1, 0.15) is 18.4 Å². The zero-order chi connectivity index (χ0) is 39.7. The number of carbonyl (C=O) groups excluding carboxylic acids is 2. The molecule has 7 aliphatic heterocycles. The second-order valence-corrected chi connectivity index (χ2v) is 17.1. The topological polar surface area (TPSA) is 179 Å². The minimum atomic E-state index is -1.43. The molecule has 0 radical (unpaired) electrons. The molecule has 0 saturated carbocycles.